The summed E-state index contributed by atoms with van der Waals surface area (Å²) in [5, 5.41) is 15.1. The molecule has 0 aromatic carbocycles. The van der Waals surface area contributed by atoms with Crippen LogP contribution in [-0.2, 0) is 13.5 Å². The van der Waals surface area contributed by atoms with E-state index in [-0.39, 0.29) is 11.6 Å². The average Bonchev–Trinajstić information content (AvgIpc) is 2.68. The average molecular weight is 267 g/mol. The summed E-state index contributed by atoms with van der Waals surface area (Å²) in [6, 6.07) is 2.06. The van der Waals surface area contributed by atoms with Crippen LogP contribution >= 0.6 is 0 Å². The Balaban J connectivity index is 2.90. The van der Waals surface area contributed by atoms with Crippen molar-refractivity contribution in [2.24, 2.45) is 7.05 Å². The molecule has 1 aromatic heterocycles. The van der Waals surface area contributed by atoms with Crippen molar-refractivity contribution >= 4 is 0 Å². The van der Waals surface area contributed by atoms with Crippen LogP contribution in [0.25, 0.3) is 0 Å². The Morgan fingerprint density at radius 1 is 1.37 bits per heavy atom. The first-order valence-corrected chi connectivity index (χ1v) is 7.31. The topological polar surface area (TPSA) is 41.3 Å². The summed E-state index contributed by atoms with van der Waals surface area (Å²) in [5.74, 6) is 0. The van der Waals surface area contributed by atoms with Crippen LogP contribution in [-0.4, -0.2) is 44.5 Å². The number of hydrogen-bond acceptors (Lipinski definition) is 3. The van der Waals surface area contributed by atoms with Crippen molar-refractivity contribution in [1.29, 1.82) is 0 Å². The van der Waals surface area contributed by atoms with Crippen molar-refractivity contribution in [3.8, 4) is 0 Å². The zero-order chi connectivity index (χ0) is 14.6. The van der Waals surface area contributed by atoms with Crippen LogP contribution in [0, 0.1) is 6.92 Å². The highest BCUT2D eigenvalue weighted by atomic mass is 16.3. The number of hydrogen-bond donors (Lipinski definition) is 1. The molecule has 110 valence electrons. The molecule has 0 aliphatic carbocycles. The summed E-state index contributed by atoms with van der Waals surface area (Å²) in [4.78, 5) is 2.35. The molecule has 4 nitrogen and oxygen atoms in total. The molecule has 0 radical (unpaired) electrons. The van der Waals surface area contributed by atoms with Crippen LogP contribution in [0.4, 0.5) is 0 Å². The lowest BCUT2D eigenvalue weighted by atomic mass is 9.86. The van der Waals surface area contributed by atoms with E-state index >= 15 is 0 Å². The molecule has 0 aliphatic heterocycles. The predicted octanol–water partition coefficient (Wildman–Crippen LogP) is 2.14. The van der Waals surface area contributed by atoms with Crippen molar-refractivity contribution < 1.29 is 5.11 Å². The minimum Gasteiger partial charge on any atom is -0.391 e. The molecule has 19 heavy (non-hydrogen) atoms. The van der Waals surface area contributed by atoms with Crippen molar-refractivity contribution in [1.82, 2.24) is 14.7 Å². The largest absolute Gasteiger partial charge is 0.391 e. The second-order valence-corrected chi connectivity index (χ2v) is 5.50. The molecule has 1 rings (SSSR count). The van der Waals surface area contributed by atoms with E-state index in [2.05, 4.69) is 43.8 Å². The summed E-state index contributed by atoms with van der Waals surface area (Å²) in [6.07, 6.45) is 1.21. The molecule has 1 N–H and O–H groups in total. The van der Waals surface area contributed by atoms with E-state index in [0.717, 1.165) is 30.9 Å². The van der Waals surface area contributed by atoms with Gasteiger partial charge in [-0.2, -0.15) is 5.10 Å². The second kappa shape index (κ2) is 6.53. The fourth-order valence-corrected chi connectivity index (χ4v) is 2.89. The van der Waals surface area contributed by atoms with Gasteiger partial charge in [0.25, 0.3) is 0 Å². The maximum atomic E-state index is 10.7. The van der Waals surface area contributed by atoms with Gasteiger partial charge in [-0.15, -0.1) is 0 Å². The van der Waals surface area contributed by atoms with E-state index in [1.807, 2.05) is 18.7 Å². The fourth-order valence-electron chi connectivity index (χ4n) is 2.89. The van der Waals surface area contributed by atoms with Crippen molar-refractivity contribution in [2.45, 2.75) is 59.1 Å². The molecule has 0 saturated heterocycles. The standard InChI is InChI=1S/C15H29N3O/c1-7-15(5,18(8-2)9-3)14(19)11-13-10-12(4)16-17(13)6/h10,14,19H,7-9,11H2,1-6H3. The number of rotatable bonds is 7. The highest BCUT2D eigenvalue weighted by Crippen LogP contribution is 2.26. The number of aryl methyl sites for hydroxylation is 2. The summed E-state index contributed by atoms with van der Waals surface area (Å²) in [5.41, 5.74) is 1.92. The molecule has 4 heteroatoms. The maximum absolute atomic E-state index is 10.7. The third kappa shape index (κ3) is 3.37. The first kappa shape index (κ1) is 16.2. The molecule has 0 fully saturated rings. The SMILES string of the molecule is CCN(CC)C(C)(CC)C(O)Cc1cc(C)nn1C. The number of aliphatic hydroxyl groups is 1. The van der Waals surface area contributed by atoms with Crippen molar-refractivity contribution in [3.05, 3.63) is 17.5 Å². The maximum Gasteiger partial charge on any atom is 0.0776 e. The fraction of sp³-hybridized carbons (Fsp3) is 0.800. The van der Waals surface area contributed by atoms with Crippen LogP contribution in [0.2, 0.25) is 0 Å². The quantitative estimate of drug-likeness (QED) is 0.823. The molecule has 2 unspecified atom stereocenters. The third-order valence-corrected chi connectivity index (χ3v) is 4.42. The Morgan fingerprint density at radius 3 is 2.32 bits per heavy atom. The van der Waals surface area contributed by atoms with Gasteiger partial charge in [0.2, 0.25) is 0 Å². The van der Waals surface area contributed by atoms with Crippen LogP contribution < -0.4 is 0 Å². The van der Waals surface area contributed by atoms with Crippen LogP contribution in [0.5, 0.6) is 0 Å². The van der Waals surface area contributed by atoms with E-state index in [0.29, 0.717) is 6.42 Å². The Morgan fingerprint density at radius 2 is 1.95 bits per heavy atom. The monoisotopic (exact) mass is 267 g/mol. The Labute approximate surface area is 117 Å². The van der Waals surface area contributed by atoms with Gasteiger partial charge in [-0.1, -0.05) is 20.8 Å². The summed E-state index contributed by atoms with van der Waals surface area (Å²) < 4.78 is 1.87. The van der Waals surface area contributed by atoms with Crippen molar-refractivity contribution in [3.63, 3.8) is 0 Å². The van der Waals surface area contributed by atoms with Gasteiger partial charge >= 0.3 is 0 Å². The Bertz CT molecular complexity index is 398. The number of nitrogens with zero attached hydrogens (tertiary/aromatic N) is 3. The van der Waals surface area contributed by atoms with Gasteiger partial charge in [0, 0.05) is 24.7 Å². The van der Waals surface area contributed by atoms with Gasteiger partial charge < -0.3 is 5.11 Å². The van der Waals surface area contributed by atoms with E-state index in [1.54, 1.807) is 0 Å². The lowest BCUT2D eigenvalue weighted by Crippen LogP contribution is -2.55. The molecule has 0 bridgehead atoms. The third-order valence-electron chi connectivity index (χ3n) is 4.42. The molecule has 2 atom stereocenters. The van der Waals surface area contributed by atoms with Crippen LogP contribution in [0.15, 0.2) is 6.07 Å². The molecule has 0 aliphatic rings. The Hall–Kier alpha value is -0.870. The van der Waals surface area contributed by atoms with E-state index < -0.39 is 0 Å². The molecular formula is C15H29N3O. The van der Waals surface area contributed by atoms with Gasteiger partial charge in [0.05, 0.1) is 11.8 Å². The lowest BCUT2D eigenvalue weighted by Gasteiger charge is -2.43. The van der Waals surface area contributed by atoms with Gasteiger partial charge in [-0.3, -0.25) is 9.58 Å². The van der Waals surface area contributed by atoms with Crippen molar-refractivity contribution in [2.75, 3.05) is 13.1 Å². The molecule has 0 saturated carbocycles. The lowest BCUT2D eigenvalue weighted by molar-refractivity contribution is -0.0198. The van der Waals surface area contributed by atoms with Gasteiger partial charge in [0.1, 0.15) is 0 Å². The smallest absolute Gasteiger partial charge is 0.0776 e. The second-order valence-electron chi connectivity index (χ2n) is 5.50. The normalized spacial score (nSPS) is 16.6. The van der Waals surface area contributed by atoms with E-state index in [4.69, 9.17) is 0 Å². The zero-order valence-electron chi connectivity index (χ0n) is 13.3. The van der Waals surface area contributed by atoms with Crippen LogP contribution in [0.3, 0.4) is 0 Å². The first-order chi connectivity index (χ1) is 8.88. The van der Waals surface area contributed by atoms with Gasteiger partial charge in [0.15, 0.2) is 0 Å². The number of likely N-dealkylation sites (N-methyl/N-ethyl adjacent to an activating group) is 1. The molecule has 0 spiro atoms. The summed E-state index contributed by atoms with van der Waals surface area (Å²) >= 11 is 0. The van der Waals surface area contributed by atoms with Crippen LogP contribution in [0.1, 0.15) is 45.5 Å². The van der Waals surface area contributed by atoms with E-state index in [1.165, 1.54) is 0 Å². The molecular weight excluding hydrogens is 238 g/mol. The Kier molecular flexibility index (Phi) is 5.56. The number of aliphatic hydroxyl groups excluding tert-OH is 1. The molecule has 1 heterocycles. The number of aromatic nitrogens is 2. The zero-order valence-corrected chi connectivity index (χ0v) is 13.3. The molecule has 1 aromatic rings. The highest BCUT2D eigenvalue weighted by molar-refractivity contribution is 5.11. The summed E-state index contributed by atoms with van der Waals surface area (Å²) in [7, 11) is 1.94. The predicted molar refractivity (Wildman–Crippen MR) is 79.3 cm³/mol. The minimum absolute atomic E-state index is 0.179. The minimum atomic E-state index is -0.382. The van der Waals surface area contributed by atoms with Gasteiger partial charge in [-0.05, 0) is 39.4 Å². The van der Waals surface area contributed by atoms with Gasteiger partial charge in [-0.25, -0.2) is 0 Å². The van der Waals surface area contributed by atoms with E-state index in [9.17, 15) is 5.11 Å². The molecule has 0 amide bonds. The first-order valence-electron chi connectivity index (χ1n) is 7.31. The highest BCUT2D eigenvalue weighted by Gasteiger charge is 2.36. The summed E-state index contributed by atoms with van der Waals surface area (Å²) in [6.45, 7) is 12.5.